The molecule has 1 rings (SSSR count). The van der Waals surface area contributed by atoms with Crippen LogP contribution >= 0.6 is 0 Å². The summed E-state index contributed by atoms with van der Waals surface area (Å²) >= 11 is 0. The Morgan fingerprint density at radius 2 is 2.67 bits per heavy atom. The van der Waals surface area contributed by atoms with Gasteiger partial charge in [-0.05, 0) is 6.07 Å². The molecule has 0 spiro atoms. The molecule has 0 atom stereocenters. The smallest absolute Gasteiger partial charge is 0.258 e. The van der Waals surface area contributed by atoms with Gasteiger partial charge in [-0.25, -0.2) is 0 Å². The average molecular weight is 125 g/mol. The monoisotopic (exact) mass is 125 g/mol. The molecule has 0 bridgehead atoms. The van der Waals surface area contributed by atoms with E-state index in [1.54, 1.807) is 0 Å². The second-order valence-electron chi connectivity index (χ2n) is 1.40. The molecule has 46 valence electrons. The number of hydrogen-bond donors (Lipinski definition) is 0. The van der Waals surface area contributed by atoms with E-state index < -0.39 is 4.92 Å². The molecule has 0 amide bonds. The summed E-state index contributed by atoms with van der Waals surface area (Å²) in [6, 6.07) is 2.52. The van der Waals surface area contributed by atoms with Crippen LogP contribution in [0, 0.1) is 10.1 Å². The van der Waals surface area contributed by atoms with Gasteiger partial charge in [0.2, 0.25) is 0 Å². The fourth-order valence-corrected chi connectivity index (χ4v) is 0.420. The molecule has 0 aliphatic heterocycles. The van der Waals surface area contributed by atoms with Gasteiger partial charge in [0.1, 0.15) is 6.20 Å². The minimum atomic E-state index is -0.549. The third-order valence-electron chi connectivity index (χ3n) is 0.811. The molecule has 0 aliphatic carbocycles. The van der Waals surface area contributed by atoms with Gasteiger partial charge in [-0.1, -0.05) is 0 Å². The summed E-state index contributed by atoms with van der Waals surface area (Å²) in [5, 5.41) is 10.0. The zero-order chi connectivity index (χ0) is 7.56. The SMILES string of the molecule is [2H]c1ccc([N+](=O)[O-])cn1. The van der Waals surface area contributed by atoms with Crippen LogP contribution in [0.2, 0.25) is 0 Å². The van der Waals surface area contributed by atoms with E-state index in [4.69, 9.17) is 1.37 Å². The lowest BCUT2D eigenvalue weighted by Crippen LogP contribution is -1.86. The summed E-state index contributed by atoms with van der Waals surface area (Å²) in [6.45, 7) is 0. The normalized spacial score (nSPS) is 10.4. The average Bonchev–Trinajstić information content (AvgIpc) is 1.88. The van der Waals surface area contributed by atoms with Crippen LogP contribution in [0.1, 0.15) is 1.37 Å². The van der Waals surface area contributed by atoms with E-state index in [0.29, 0.717) is 0 Å². The fourth-order valence-electron chi connectivity index (χ4n) is 0.420. The number of hydrogen-bond acceptors (Lipinski definition) is 3. The summed E-state index contributed by atoms with van der Waals surface area (Å²) in [7, 11) is 0. The van der Waals surface area contributed by atoms with Gasteiger partial charge in [-0.15, -0.1) is 0 Å². The Balaban J connectivity index is 3.00. The standard InChI is InChI=1S/C5H4N2O2/c8-7(9)5-2-1-3-6-4-5/h1-4H/i3D. The molecule has 0 saturated heterocycles. The Bertz CT molecular complexity index is 246. The predicted molar refractivity (Wildman–Crippen MR) is 30.9 cm³/mol. The van der Waals surface area contributed by atoms with Crippen LogP contribution in [0.25, 0.3) is 0 Å². The van der Waals surface area contributed by atoms with Crippen LogP contribution in [-0.4, -0.2) is 9.91 Å². The lowest BCUT2D eigenvalue weighted by atomic mass is 10.4. The molecular weight excluding hydrogens is 120 g/mol. The summed E-state index contributed by atoms with van der Waals surface area (Å²) in [4.78, 5) is 12.9. The highest BCUT2D eigenvalue weighted by atomic mass is 16.6. The van der Waals surface area contributed by atoms with Crippen LogP contribution < -0.4 is 0 Å². The Morgan fingerprint density at radius 3 is 3.11 bits per heavy atom. The topological polar surface area (TPSA) is 56.0 Å². The van der Waals surface area contributed by atoms with Gasteiger partial charge in [0.15, 0.2) is 0 Å². The van der Waals surface area contributed by atoms with Crippen LogP contribution in [-0.2, 0) is 0 Å². The molecule has 1 aromatic heterocycles. The zero-order valence-corrected chi connectivity index (χ0v) is 4.44. The Kier molecular flexibility index (Phi) is 1.09. The summed E-state index contributed by atoms with van der Waals surface area (Å²) in [5.74, 6) is 0. The van der Waals surface area contributed by atoms with E-state index in [-0.39, 0.29) is 11.9 Å². The second-order valence-corrected chi connectivity index (χ2v) is 1.40. The van der Waals surface area contributed by atoms with E-state index in [1.807, 2.05) is 0 Å². The third-order valence-corrected chi connectivity index (χ3v) is 0.811. The number of nitrogens with zero attached hydrogens (tertiary/aromatic N) is 2. The third kappa shape index (κ3) is 1.22. The molecule has 0 aromatic carbocycles. The molecule has 0 N–H and O–H groups in total. The number of nitro groups is 1. The van der Waals surface area contributed by atoms with Crippen molar-refractivity contribution >= 4 is 5.69 Å². The molecule has 9 heavy (non-hydrogen) atoms. The molecule has 0 aliphatic rings. The first-order valence-electron chi connectivity index (χ1n) is 2.77. The largest absolute Gasteiger partial charge is 0.287 e. The highest BCUT2D eigenvalue weighted by molar-refractivity contribution is 5.23. The highest BCUT2D eigenvalue weighted by Gasteiger charge is 1.99. The first-order valence-corrected chi connectivity index (χ1v) is 2.27. The van der Waals surface area contributed by atoms with Crippen LogP contribution in [0.15, 0.2) is 24.5 Å². The minimum Gasteiger partial charge on any atom is -0.258 e. The van der Waals surface area contributed by atoms with Crippen molar-refractivity contribution in [2.75, 3.05) is 0 Å². The molecule has 0 saturated carbocycles. The van der Waals surface area contributed by atoms with Gasteiger partial charge in [0.05, 0.1) is 6.29 Å². The van der Waals surface area contributed by atoms with E-state index >= 15 is 0 Å². The zero-order valence-electron chi connectivity index (χ0n) is 5.44. The van der Waals surface area contributed by atoms with Gasteiger partial charge in [0, 0.05) is 12.2 Å². The van der Waals surface area contributed by atoms with Crippen molar-refractivity contribution in [2.24, 2.45) is 0 Å². The predicted octanol–water partition coefficient (Wildman–Crippen LogP) is 0.990. The van der Waals surface area contributed by atoms with Crippen molar-refractivity contribution in [3.8, 4) is 0 Å². The molecule has 1 heterocycles. The summed E-state index contributed by atoms with van der Waals surface area (Å²) in [5.41, 5.74) is -0.0870. The van der Waals surface area contributed by atoms with Gasteiger partial charge in [0.25, 0.3) is 5.69 Å². The van der Waals surface area contributed by atoms with Gasteiger partial charge < -0.3 is 0 Å². The van der Waals surface area contributed by atoms with Crippen LogP contribution in [0.4, 0.5) is 5.69 Å². The molecule has 1 aromatic rings. The minimum absolute atomic E-state index is 0.0330. The lowest BCUT2D eigenvalue weighted by molar-refractivity contribution is -0.385. The molecular formula is C5H4N2O2. The first-order chi connectivity index (χ1) is 4.70. The van der Waals surface area contributed by atoms with E-state index in [9.17, 15) is 10.1 Å². The van der Waals surface area contributed by atoms with E-state index in [2.05, 4.69) is 4.98 Å². The molecule has 4 heteroatoms. The van der Waals surface area contributed by atoms with Crippen LogP contribution in [0.3, 0.4) is 0 Å². The second kappa shape index (κ2) is 2.21. The van der Waals surface area contributed by atoms with Crippen molar-refractivity contribution in [3.05, 3.63) is 34.6 Å². The van der Waals surface area contributed by atoms with Crippen molar-refractivity contribution in [3.63, 3.8) is 0 Å². The van der Waals surface area contributed by atoms with Crippen molar-refractivity contribution in [1.82, 2.24) is 4.98 Å². The molecule has 4 nitrogen and oxygen atoms in total. The maximum absolute atomic E-state index is 10.0. The molecule has 0 fully saturated rings. The number of aromatic nitrogens is 1. The lowest BCUT2D eigenvalue weighted by Gasteiger charge is -1.84. The van der Waals surface area contributed by atoms with Crippen molar-refractivity contribution in [1.29, 1.82) is 0 Å². The number of pyridine rings is 1. The van der Waals surface area contributed by atoms with Gasteiger partial charge in [-0.2, -0.15) is 0 Å². The van der Waals surface area contributed by atoms with E-state index in [0.717, 1.165) is 6.20 Å². The highest BCUT2D eigenvalue weighted by Crippen LogP contribution is 2.04. The van der Waals surface area contributed by atoms with Gasteiger partial charge >= 0.3 is 0 Å². The van der Waals surface area contributed by atoms with Gasteiger partial charge in [-0.3, -0.25) is 15.1 Å². The Morgan fingerprint density at radius 1 is 1.89 bits per heavy atom. The maximum Gasteiger partial charge on any atom is 0.287 e. The molecule has 0 radical (unpaired) electrons. The summed E-state index contributed by atoms with van der Waals surface area (Å²) < 4.78 is 6.90. The number of rotatable bonds is 1. The quantitative estimate of drug-likeness (QED) is 0.415. The fraction of sp³-hybridized carbons (Fsp3) is 0. The van der Waals surface area contributed by atoms with E-state index in [1.165, 1.54) is 12.1 Å². The summed E-state index contributed by atoms with van der Waals surface area (Å²) in [6.07, 6.45) is 1.09. The Hall–Kier alpha value is -1.45. The van der Waals surface area contributed by atoms with Crippen molar-refractivity contribution in [2.45, 2.75) is 0 Å². The first kappa shape index (κ1) is 4.43. The Labute approximate surface area is 52.7 Å². The molecule has 0 unspecified atom stereocenters. The van der Waals surface area contributed by atoms with Crippen LogP contribution in [0.5, 0.6) is 0 Å². The van der Waals surface area contributed by atoms with Crippen molar-refractivity contribution < 1.29 is 6.29 Å². The maximum atomic E-state index is 10.0.